The summed E-state index contributed by atoms with van der Waals surface area (Å²) in [4.78, 5) is 26.4. The lowest BCUT2D eigenvalue weighted by atomic mass is 9.93. The maximum Gasteiger partial charge on any atom is 0.355 e. The van der Waals surface area contributed by atoms with Gasteiger partial charge in [-0.05, 0) is 12.8 Å². The van der Waals surface area contributed by atoms with Gasteiger partial charge in [0.05, 0.1) is 12.1 Å². The Bertz CT molecular complexity index is 440. The minimum Gasteiger partial charge on any atom is -0.476 e. The number of carboxylic acid groups (broad SMARTS) is 1. The molecule has 0 radical (unpaired) electrons. The molecule has 100 valence electrons. The molecular weight excluding hydrogens is 254 g/mol. The molecular formula is C11H17N3O3S. The molecule has 0 atom stereocenters. The number of rotatable bonds is 6. The summed E-state index contributed by atoms with van der Waals surface area (Å²) in [6.45, 7) is 3.92. The van der Waals surface area contributed by atoms with Crippen LogP contribution in [0.15, 0.2) is 5.38 Å². The average Bonchev–Trinajstić information content (AvgIpc) is 2.83. The van der Waals surface area contributed by atoms with Gasteiger partial charge in [-0.2, -0.15) is 0 Å². The Morgan fingerprint density at radius 3 is 2.56 bits per heavy atom. The smallest absolute Gasteiger partial charge is 0.355 e. The van der Waals surface area contributed by atoms with E-state index in [2.05, 4.69) is 10.3 Å². The van der Waals surface area contributed by atoms with Gasteiger partial charge in [-0.3, -0.25) is 4.79 Å². The zero-order chi connectivity index (χ0) is 13.8. The average molecular weight is 271 g/mol. The summed E-state index contributed by atoms with van der Waals surface area (Å²) < 4.78 is 0. The minimum absolute atomic E-state index is 0.00533. The van der Waals surface area contributed by atoms with Gasteiger partial charge in [0.15, 0.2) is 5.69 Å². The van der Waals surface area contributed by atoms with Crippen LogP contribution in [-0.4, -0.2) is 27.5 Å². The number of carbonyl (C=O) groups excluding carboxylic acids is 1. The first-order valence-corrected chi connectivity index (χ1v) is 6.55. The highest BCUT2D eigenvalue weighted by atomic mass is 32.1. The molecule has 6 nitrogen and oxygen atoms in total. The molecule has 0 saturated heterocycles. The maximum atomic E-state index is 11.9. The van der Waals surface area contributed by atoms with E-state index >= 15 is 0 Å². The highest BCUT2D eigenvalue weighted by Crippen LogP contribution is 2.13. The molecule has 7 heteroatoms. The zero-order valence-corrected chi connectivity index (χ0v) is 11.2. The van der Waals surface area contributed by atoms with Crippen LogP contribution in [0.5, 0.6) is 0 Å². The fraction of sp³-hybridized carbons (Fsp3) is 0.545. The van der Waals surface area contributed by atoms with Crippen LogP contribution >= 0.6 is 11.3 Å². The van der Waals surface area contributed by atoms with Gasteiger partial charge in [-0.25, -0.2) is 9.78 Å². The van der Waals surface area contributed by atoms with E-state index in [1.165, 1.54) is 16.7 Å². The number of amides is 1. The third-order valence-corrected chi connectivity index (χ3v) is 3.73. The SMILES string of the molecule is CCC(N)(CC)C(=O)NCc1nc(C(=O)O)cs1. The van der Waals surface area contributed by atoms with Crippen molar-refractivity contribution in [2.24, 2.45) is 5.73 Å². The molecule has 0 saturated carbocycles. The summed E-state index contributed by atoms with van der Waals surface area (Å²) in [6.07, 6.45) is 1.10. The lowest BCUT2D eigenvalue weighted by Crippen LogP contribution is -2.52. The first-order valence-electron chi connectivity index (χ1n) is 5.67. The second-order valence-corrected chi connectivity index (χ2v) is 4.92. The Hall–Kier alpha value is -1.47. The molecule has 1 amide bonds. The van der Waals surface area contributed by atoms with Crippen LogP contribution in [0.25, 0.3) is 0 Å². The lowest BCUT2D eigenvalue weighted by molar-refractivity contribution is -0.126. The van der Waals surface area contributed by atoms with Crippen molar-refractivity contribution in [1.82, 2.24) is 10.3 Å². The molecule has 0 fully saturated rings. The van der Waals surface area contributed by atoms with Gasteiger partial charge < -0.3 is 16.2 Å². The zero-order valence-electron chi connectivity index (χ0n) is 10.4. The highest BCUT2D eigenvalue weighted by Gasteiger charge is 2.29. The van der Waals surface area contributed by atoms with Crippen molar-refractivity contribution in [2.75, 3.05) is 0 Å². The number of hydrogen-bond acceptors (Lipinski definition) is 5. The van der Waals surface area contributed by atoms with Crippen LogP contribution in [0.3, 0.4) is 0 Å². The van der Waals surface area contributed by atoms with Crippen LogP contribution < -0.4 is 11.1 Å². The molecule has 1 heterocycles. The number of hydrogen-bond donors (Lipinski definition) is 3. The van der Waals surface area contributed by atoms with Gasteiger partial charge >= 0.3 is 5.97 Å². The molecule has 18 heavy (non-hydrogen) atoms. The first-order chi connectivity index (χ1) is 8.42. The number of nitrogens with one attached hydrogen (secondary N) is 1. The van der Waals surface area contributed by atoms with Crippen molar-refractivity contribution in [3.8, 4) is 0 Å². The quantitative estimate of drug-likeness (QED) is 0.715. The van der Waals surface area contributed by atoms with E-state index in [4.69, 9.17) is 10.8 Å². The molecule has 4 N–H and O–H groups in total. The van der Waals surface area contributed by atoms with E-state index in [-0.39, 0.29) is 18.1 Å². The van der Waals surface area contributed by atoms with E-state index in [9.17, 15) is 9.59 Å². The molecule has 0 bridgehead atoms. The van der Waals surface area contributed by atoms with Gasteiger partial charge in [0.2, 0.25) is 5.91 Å². The molecule has 1 aromatic heterocycles. The van der Waals surface area contributed by atoms with Crippen LogP contribution in [0.4, 0.5) is 0 Å². The number of nitrogens with two attached hydrogens (primary N) is 1. The van der Waals surface area contributed by atoms with Crippen molar-refractivity contribution in [3.05, 3.63) is 16.1 Å². The normalized spacial score (nSPS) is 11.3. The largest absolute Gasteiger partial charge is 0.476 e. The second-order valence-electron chi connectivity index (χ2n) is 3.98. The number of nitrogens with zero attached hydrogens (tertiary/aromatic N) is 1. The predicted octanol–water partition coefficient (Wildman–Crippen LogP) is 0.975. The van der Waals surface area contributed by atoms with E-state index in [0.29, 0.717) is 17.8 Å². The van der Waals surface area contributed by atoms with Gasteiger partial charge in [-0.1, -0.05) is 13.8 Å². The molecule has 0 aromatic carbocycles. The van der Waals surface area contributed by atoms with Crippen molar-refractivity contribution in [2.45, 2.75) is 38.8 Å². The third-order valence-electron chi connectivity index (χ3n) is 2.89. The molecule has 1 rings (SSSR count). The second kappa shape index (κ2) is 5.92. The van der Waals surface area contributed by atoms with Gasteiger partial charge in [0, 0.05) is 5.38 Å². The maximum absolute atomic E-state index is 11.9. The topological polar surface area (TPSA) is 105 Å². The van der Waals surface area contributed by atoms with Crippen molar-refractivity contribution >= 4 is 23.2 Å². The van der Waals surface area contributed by atoms with Gasteiger partial charge in [0.25, 0.3) is 0 Å². The predicted molar refractivity (Wildman–Crippen MR) is 68.4 cm³/mol. The standard InChI is InChI=1S/C11H17N3O3S/c1-3-11(12,4-2)10(17)13-5-8-14-7(6-18-8)9(15)16/h6H,3-5,12H2,1-2H3,(H,13,17)(H,15,16). The summed E-state index contributed by atoms with van der Waals surface area (Å²) in [7, 11) is 0. The van der Waals surface area contributed by atoms with Crippen molar-refractivity contribution < 1.29 is 14.7 Å². The first kappa shape index (κ1) is 14.6. The molecule has 0 aliphatic heterocycles. The van der Waals surface area contributed by atoms with Crippen molar-refractivity contribution in [1.29, 1.82) is 0 Å². The number of thiazole rings is 1. The minimum atomic E-state index is -1.07. The fourth-order valence-electron chi connectivity index (χ4n) is 1.39. The molecule has 0 aliphatic rings. The molecule has 0 aliphatic carbocycles. The lowest BCUT2D eigenvalue weighted by Gasteiger charge is -2.24. The Labute approximate surface area is 109 Å². The Kier molecular flexibility index (Phi) is 4.80. The summed E-state index contributed by atoms with van der Waals surface area (Å²) in [5, 5.41) is 13.4. The van der Waals surface area contributed by atoms with E-state index < -0.39 is 11.5 Å². The third kappa shape index (κ3) is 3.27. The Morgan fingerprint density at radius 1 is 1.50 bits per heavy atom. The molecule has 1 aromatic rings. The molecule has 0 unspecified atom stereocenters. The summed E-state index contributed by atoms with van der Waals surface area (Å²) in [6, 6.07) is 0. The summed E-state index contributed by atoms with van der Waals surface area (Å²) >= 11 is 1.20. The van der Waals surface area contributed by atoms with E-state index in [1.54, 1.807) is 0 Å². The number of carboxylic acids is 1. The number of aromatic nitrogens is 1. The van der Waals surface area contributed by atoms with Crippen LogP contribution in [0, 0.1) is 0 Å². The fourth-order valence-corrected chi connectivity index (χ4v) is 2.10. The highest BCUT2D eigenvalue weighted by molar-refractivity contribution is 7.09. The summed E-state index contributed by atoms with van der Waals surface area (Å²) in [5.41, 5.74) is 5.06. The van der Waals surface area contributed by atoms with Crippen LogP contribution in [0.2, 0.25) is 0 Å². The Morgan fingerprint density at radius 2 is 2.11 bits per heavy atom. The van der Waals surface area contributed by atoms with Crippen LogP contribution in [-0.2, 0) is 11.3 Å². The van der Waals surface area contributed by atoms with Crippen molar-refractivity contribution in [3.63, 3.8) is 0 Å². The number of carbonyl (C=O) groups is 2. The summed E-state index contributed by atoms with van der Waals surface area (Å²) in [5.74, 6) is -1.31. The van der Waals surface area contributed by atoms with E-state index in [0.717, 1.165) is 0 Å². The van der Waals surface area contributed by atoms with E-state index in [1.807, 2.05) is 13.8 Å². The number of aromatic carboxylic acids is 1. The monoisotopic (exact) mass is 271 g/mol. The van der Waals surface area contributed by atoms with Crippen LogP contribution in [0.1, 0.15) is 42.2 Å². The Balaban J connectivity index is 2.59. The molecule has 0 spiro atoms. The van der Waals surface area contributed by atoms with Gasteiger partial charge in [0.1, 0.15) is 5.01 Å². The van der Waals surface area contributed by atoms with Gasteiger partial charge in [-0.15, -0.1) is 11.3 Å².